The van der Waals surface area contributed by atoms with Crippen molar-refractivity contribution in [2.45, 2.75) is 45.3 Å². The minimum Gasteiger partial charge on any atom is -0.459 e. The number of hydrogen-bond donors (Lipinski definition) is 1. The molecule has 3 aromatic carbocycles. The Hall–Kier alpha value is -5.29. The van der Waals surface area contributed by atoms with Crippen LogP contribution in [0.2, 0.25) is 0 Å². The number of benzene rings is 3. The van der Waals surface area contributed by atoms with Crippen molar-refractivity contribution in [2.24, 2.45) is 0 Å². The van der Waals surface area contributed by atoms with Gasteiger partial charge in [0.05, 0.1) is 18.1 Å². The first-order chi connectivity index (χ1) is 21.4. The van der Waals surface area contributed by atoms with E-state index in [0.29, 0.717) is 0 Å². The fourth-order valence-corrected chi connectivity index (χ4v) is 4.47. The van der Waals surface area contributed by atoms with Gasteiger partial charge in [-0.05, 0) is 57.2 Å². The highest BCUT2D eigenvalue weighted by atomic mass is 16.7. The van der Waals surface area contributed by atoms with Gasteiger partial charge in [-0.15, -0.1) is 0 Å². The smallest absolute Gasteiger partial charge is 0.338 e. The molecule has 1 aromatic heterocycles. The molecule has 2 heterocycles. The van der Waals surface area contributed by atoms with Crippen molar-refractivity contribution in [3.8, 4) is 0 Å². The van der Waals surface area contributed by atoms with E-state index < -0.39 is 60.3 Å². The van der Waals surface area contributed by atoms with Crippen LogP contribution >= 0.6 is 0 Å². The molecule has 0 unspecified atom stereocenters. The maximum absolute atomic E-state index is 13.4. The lowest BCUT2D eigenvalue weighted by atomic mass is 10.1. The molecule has 1 N–H and O–H groups in total. The van der Waals surface area contributed by atoms with Crippen LogP contribution in [0.15, 0.2) is 94.6 Å². The molecular formula is C33H30N2O9. The van der Waals surface area contributed by atoms with E-state index in [9.17, 15) is 25.3 Å². The molecule has 0 amide bonds. The summed E-state index contributed by atoms with van der Waals surface area (Å²) in [5.41, 5.74) is 1.44. The first-order valence-electron chi connectivity index (χ1n) is 14.2. The first-order valence-corrected chi connectivity index (χ1v) is 13.7. The number of carbonyl (C=O) groups is 3. The molecule has 226 valence electrons. The van der Waals surface area contributed by atoms with Crippen LogP contribution < -0.4 is 11.2 Å². The Bertz CT molecular complexity index is 1830. The number of carbonyl (C=O) groups excluding carboxylic acids is 3. The number of aromatic amines is 1. The van der Waals surface area contributed by atoms with Crippen molar-refractivity contribution in [2.75, 3.05) is 6.61 Å². The second kappa shape index (κ2) is 12.9. The molecule has 11 nitrogen and oxygen atoms in total. The van der Waals surface area contributed by atoms with Gasteiger partial charge in [-0.1, -0.05) is 53.1 Å². The lowest BCUT2D eigenvalue weighted by molar-refractivity contribution is -0.0640. The Morgan fingerprint density at radius 2 is 1.23 bits per heavy atom. The highest BCUT2D eigenvalue weighted by molar-refractivity contribution is 5.91. The van der Waals surface area contributed by atoms with Gasteiger partial charge in [0.1, 0.15) is 12.7 Å². The lowest BCUT2D eigenvalue weighted by Crippen LogP contribution is -2.43. The molecule has 0 spiro atoms. The van der Waals surface area contributed by atoms with Gasteiger partial charge in [-0.25, -0.2) is 19.2 Å². The summed E-state index contributed by atoms with van der Waals surface area (Å²) in [6.07, 6.45) is -6.38. The highest BCUT2D eigenvalue weighted by Gasteiger charge is 2.51. The summed E-state index contributed by atoms with van der Waals surface area (Å²) in [5, 5.41) is 0. The topological polar surface area (TPSA) is 143 Å². The van der Waals surface area contributed by atoms with Crippen molar-refractivity contribution in [3.05, 3.63) is 139 Å². The predicted octanol–water partition coefficient (Wildman–Crippen LogP) is 3.67. The number of aromatic nitrogens is 2. The molecule has 1 saturated heterocycles. The first kappa shape index (κ1) is 28.8. The van der Waals surface area contributed by atoms with E-state index >= 15 is 0 Å². The van der Waals surface area contributed by atoms with Crippen LogP contribution in [0.1, 0.15) is 55.4 Å². The molecule has 1 fully saturated rings. The Morgan fingerprint density at radius 3 is 1.73 bits per heavy atom. The Morgan fingerprint density at radius 1 is 0.750 bits per heavy atom. The Kier molecular flexibility index (Phi) is 8.46. The van der Waals surface area contributed by atoms with Gasteiger partial charge >= 0.3 is 23.6 Å². The molecule has 0 aliphatic carbocycles. The van der Waals surface area contributed by atoms with Gasteiger partial charge in [0.25, 0.3) is 5.56 Å². The van der Waals surface area contributed by atoms with Crippen molar-refractivity contribution in [1.29, 1.82) is 0 Å². The summed E-state index contributed by atoms with van der Waals surface area (Å²) in [6, 6.07) is 20.4. The highest BCUT2D eigenvalue weighted by Crippen LogP contribution is 2.34. The lowest BCUT2D eigenvalue weighted by Gasteiger charge is -2.25. The summed E-state index contributed by atoms with van der Waals surface area (Å²) in [5.74, 6) is -2.57. The van der Waals surface area contributed by atoms with Crippen LogP contribution in [0, 0.1) is 20.8 Å². The van der Waals surface area contributed by atoms with E-state index in [-0.39, 0.29) is 16.7 Å². The molecule has 1 aliphatic rings. The van der Waals surface area contributed by atoms with Gasteiger partial charge in [0, 0.05) is 12.3 Å². The van der Waals surface area contributed by atoms with Crippen LogP contribution in [0.5, 0.6) is 0 Å². The van der Waals surface area contributed by atoms with Gasteiger partial charge in [-0.2, -0.15) is 0 Å². The fourth-order valence-electron chi connectivity index (χ4n) is 4.47. The van der Waals surface area contributed by atoms with Crippen molar-refractivity contribution in [3.63, 3.8) is 0 Å². The minimum absolute atomic E-state index is 0.0812. The van der Waals surface area contributed by atoms with Crippen LogP contribution in [0.3, 0.4) is 0 Å². The number of hydrogen-bond acceptors (Lipinski definition) is 9. The molecule has 4 aromatic rings. The van der Waals surface area contributed by atoms with Crippen molar-refractivity contribution in [1.82, 2.24) is 9.55 Å². The number of nitrogens with zero attached hydrogens (tertiary/aromatic N) is 1. The summed E-state index contributed by atoms with van der Waals surface area (Å²) in [6.45, 7) is 4.98. The normalized spacial score (nSPS) is 21.2. The van der Waals surface area contributed by atoms with Gasteiger partial charge in [-0.3, -0.25) is 14.3 Å². The standard InChI is InChI=1S/C33H30N2O9/c1-19-4-10-22(11-5-19)30(37)41-18-25-27(43-31(38)23-12-6-20(2)7-13-23)28(44-32(39)24-14-8-21(3)9-15-24)29(42-25)35-17-16-26(36)34-33(35)40/h4-17,25,27-29H,18H2,1-3H3,(H,34,36,40)/t25-,27-,28-,29-/m1/s1/i28D. The number of rotatable bonds is 8. The molecule has 44 heavy (non-hydrogen) atoms. The third-order valence-electron chi connectivity index (χ3n) is 6.95. The zero-order valence-electron chi connectivity index (χ0n) is 25.1. The average molecular weight is 600 g/mol. The molecular weight excluding hydrogens is 568 g/mol. The molecule has 0 radical (unpaired) electrons. The Labute approximate surface area is 253 Å². The van der Waals surface area contributed by atoms with Gasteiger partial charge in [0.2, 0.25) is 0 Å². The molecule has 4 atom stereocenters. The number of aryl methyl sites for hydroxylation is 3. The van der Waals surface area contributed by atoms with E-state index in [2.05, 4.69) is 4.98 Å². The van der Waals surface area contributed by atoms with E-state index in [1.54, 1.807) is 48.5 Å². The van der Waals surface area contributed by atoms with E-state index in [1.807, 2.05) is 20.8 Å². The zero-order chi connectivity index (χ0) is 32.3. The summed E-state index contributed by atoms with van der Waals surface area (Å²) in [7, 11) is 0. The molecule has 11 heteroatoms. The maximum Gasteiger partial charge on any atom is 0.338 e. The molecule has 0 bridgehead atoms. The third-order valence-corrected chi connectivity index (χ3v) is 6.95. The number of ether oxygens (including phenoxy) is 4. The predicted molar refractivity (Wildman–Crippen MR) is 157 cm³/mol. The van der Waals surface area contributed by atoms with Crippen LogP contribution in [0.4, 0.5) is 0 Å². The zero-order valence-corrected chi connectivity index (χ0v) is 24.1. The summed E-state index contributed by atoms with van der Waals surface area (Å²) < 4.78 is 33.3. The molecule has 0 saturated carbocycles. The number of H-pyrrole nitrogens is 1. The van der Waals surface area contributed by atoms with E-state index in [1.165, 1.54) is 24.3 Å². The van der Waals surface area contributed by atoms with E-state index in [0.717, 1.165) is 33.5 Å². The minimum atomic E-state index is -2.61. The van der Waals surface area contributed by atoms with Crippen LogP contribution in [-0.2, 0) is 18.9 Å². The van der Waals surface area contributed by atoms with E-state index in [4.69, 9.17) is 18.9 Å². The summed E-state index contributed by atoms with van der Waals surface area (Å²) >= 11 is 0. The quantitative estimate of drug-likeness (QED) is 0.237. The fraction of sp³-hybridized carbons (Fsp3) is 0.242. The number of esters is 3. The van der Waals surface area contributed by atoms with Crippen LogP contribution in [-0.4, -0.2) is 52.4 Å². The Balaban J connectivity index is 1.54. The third kappa shape index (κ3) is 6.84. The van der Waals surface area contributed by atoms with Crippen molar-refractivity contribution >= 4 is 17.9 Å². The van der Waals surface area contributed by atoms with Gasteiger partial charge in [0.15, 0.2) is 18.4 Å². The second-order valence-electron chi connectivity index (χ2n) is 10.4. The van der Waals surface area contributed by atoms with Crippen molar-refractivity contribution < 1.29 is 34.7 Å². The SMILES string of the molecule is [2H][C@@]1(OC(=O)c2ccc(C)cc2)[C@H](OC(=O)c2ccc(C)cc2)[C@@H](COC(=O)c2ccc(C)cc2)O[C@H]1n1ccc(=O)[nH]c1=O. The monoisotopic (exact) mass is 599 g/mol. The largest absolute Gasteiger partial charge is 0.459 e. The number of nitrogens with one attached hydrogen (secondary N) is 1. The molecule has 1 aliphatic heterocycles. The van der Waals surface area contributed by atoms with Crippen LogP contribution in [0.25, 0.3) is 0 Å². The molecule has 5 rings (SSSR count). The second-order valence-corrected chi connectivity index (χ2v) is 10.4. The maximum atomic E-state index is 13.4. The summed E-state index contributed by atoms with van der Waals surface area (Å²) in [4.78, 5) is 66.4. The average Bonchev–Trinajstić information content (AvgIpc) is 3.27. The van der Waals surface area contributed by atoms with Gasteiger partial charge < -0.3 is 18.9 Å².